The number of carbonyl (C=O) groups is 2. The normalized spacial score (nSPS) is 10.1. The van der Waals surface area contributed by atoms with Gasteiger partial charge in [-0.25, -0.2) is 4.68 Å². The van der Waals surface area contributed by atoms with Crippen LogP contribution in [0.25, 0.3) is 5.69 Å². The molecule has 0 unspecified atom stereocenters. The van der Waals surface area contributed by atoms with E-state index in [0.29, 0.717) is 24.2 Å². The Morgan fingerprint density at radius 1 is 1.38 bits per heavy atom. The van der Waals surface area contributed by atoms with Gasteiger partial charge in [0.05, 0.1) is 12.8 Å². The van der Waals surface area contributed by atoms with Crippen LogP contribution in [0.2, 0.25) is 0 Å². The summed E-state index contributed by atoms with van der Waals surface area (Å²) in [6.45, 7) is 0.406. The molecule has 0 aliphatic rings. The summed E-state index contributed by atoms with van der Waals surface area (Å²) in [4.78, 5) is 22.9. The molecule has 1 aromatic carbocycles. The molecule has 0 fully saturated rings. The van der Waals surface area contributed by atoms with Gasteiger partial charge in [0.2, 0.25) is 0 Å². The monoisotopic (exact) mass is 289 g/mol. The molecule has 1 aromatic heterocycles. The van der Waals surface area contributed by atoms with Crippen LogP contribution < -0.4 is 5.32 Å². The van der Waals surface area contributed by atoms with Crippen molar-refractivity contribution in [3.63, 3.8) is 0 Å². The van der Waals surface area contributed by atoms with Gasteiger partial charge in [-0.1, -0.05) is 6.07 Å². The number of hydrogen-bond donors (Lipinski definition) is 1. The summed E-state index contributed by atoms with van der Waals surface area (Å²) in [5, 5.41) is 13.6. The zero-order valence-electron chi connectivity index (χ0n) is 11.5. The Morgan fingerprint density at radius 3 is 2.95 bits per heavy atom. The van der Waals surface area contributed by atoms with Crippen LogP contribution >= 0.6 is 0 Å². The Kier molecular flexibility index (Phi) is 4.97. The molecule has 0 spiro atoms. The number of benzene rings is 1. The van der Waals surface area contributed by atoms with E-state index in [1.165, 1.54) is 18.1 Å². The van der Waals surface area contributed by atoms with E-state index >= 15 is 0 Å². The van der Waals surface area contributed by atoms with Crippen LogP contribution in [0.3, 0.4) is 0 Å². The Bertz CT molecular complexity index is 612. The Morgan fingerprint density at radius 2 is 2.24 bits per heavy atom. The summed E-state index contributed by atoms with van der Waals surface area (Å²) in [6.07, 6.45) is 2.26. The van der Waals surface area contributed by atoms with E-state index in [0.717, 1.165) is 0 Å². The van der Waals surface area contributed by atoms with Crippen molar-refractivity contribution in [3.05, 3.63) is 36.2 Å². The number of tetrazole rings is 1. The third kappa shape index (κ3) is 4.10. The third-order valence-electron chi connectivity index (χ3n) is 2.79. The molecule has 0 bridgehead atoms. The van der Waals surface area contributed by atoms with Gasteiger partial charge in [0.1, 0.15) is 6.33 Å². The highest BCUT2D eigenvalue weighted by Gasteiger charge is 2.07. The minimum absolute atomic E-state index is 0.213. The number of rotatable bonds is 6. The van der Waals surface area contributed by atoms with Gasteiger partial charge in [0.15, 0.2) is 0 Å². The van der Waals surface area contributed by atoms with Crippen LogP contribution in [0, 0.1) is 0 Å². The minimum atomic E-state index is -0.287. The Labute approximate surface area is 121 Å². The van der Waals surface area contributed by atoms with E-state index in [2.05, 4.69) is 25.6 Å². The van der Waals surface area contributed by atoms with Gasteiger partial charge in [-0.3, -0.25) is 9.59 Å². The molecular weight excluding hydrogens is 274 g/mol. The van der Waals surface area contributed by atoms with E-state index in [-0.39, 0.29) is 18.3 Å². The topological polar surface area (TPSA) is 99.0 Å². The average molecular weight is 289 g/mol. The van der Waals surface area contributed by atoms with Crippen LogP contribution in [0.4, 0.5) is 0 Å². The Balaban J connectivity index is 1.91. The van der Waals surface area contributed by atoms with E-state index in [9.17, 15) is 9.59 Å². The molecule has 110 valence electrons. The van der Waals surface area contributed by atoms with Crippen molar-refractivity contribution in [1.29, 1.82) is 0 Å². The van der Waals surface area contributed by atoms with Crippen molar-refractivity contribution in [2.45, 2.75) is 12.8 Å². The van der Waals surface area contributed by atoms with E-state index in [1.54, 1.807) is 24.3 Å². The van der Waals surface area contributed by atoms with Gasteiger partial charge in [0, 0.05) is 18.5 Å². The SMILES string of the molecule is COC(=O)CCCNC(=O)c1cccc(-n2cnnn2)c1. The second kappa shape index (κ2) is 7.13. The fourth-order valence-electron chi connectivity index (χ4n) is 1.71. The van der Waals surface area contributed by atoms with Crippen molar-refractivity contribution >= 4 is 11.9 Å². The first kappa shape index (κ1) is 14.6. The number of carbonyl (C=O) groups excluding carboxylic acids is 2. The fourth-order valence-corrected chi connectivity index (χ4v) is 1.71. The molecule has 0 saturated carbocycles. The first-order valence-corrected chi connectivity index (χ1v) is 6.39. The number of amides is 1. The minimum Gasteiger partial charge on any atom is -0.469 e. The molecule has 0 aliphatic carbocycles. The van der Waals surface area contributed by atoms with Gasteiger partial charge in [-0.05, 0) is 35.0 Å². The van der Waals surface area contributed by atoms with Crippen LogP contribution in [0.1, 0.15) is 23.2 Å². The largest absolute Gasteiger partial charge is 0.469 e. The molecule has 8 nitrogen and oxygen atoms in total. The van der Waals surface area contributed by atoms with Crippen LogP contribution in [0.5, 0.6) is 0 Å². The highest BCUT2D eigenvalue weighted by atomic mass is 16.5. The third-order valence-corrected chi connectivity index (χ3v) is 2.79. The van der Waals surface area contributed by atoms with Gasteiger partial charge >= 0.3 is 5.97 Å². The predicted octanol–water partition coefficient (Wildman–Crippen LogP) is 0.345. The number of hydrogen-bond acceptors (Lipinski definition) is 6. The van der Waals surface area contributed by atoms with Gasteiger partial charge in [-0.2, -0.15) is 0 Å². The predicted molar refractivity (Wildman–Crippen MR) is 72.7 cm³/mol. The lowest BCUT2D eigenvalue weighted by molar-refractivity contribution is -0.140. The molecule has 21 heavy (non-hydrogen) atoms. The lowest BCUT2D eigenvalue weighted by Crippen LogP contribution is -2.25. The lowest BCUT2D eigenvalue weighted by atomic mass is 10.2. The molecule has 0 saturated heterocycles. The Hall–Kier alpha value is -2.77. The highest BCUT2D eigenvalue weighted by Crippen LogP contribution is 2.08. The molecule has 1 N–H and O–H groups in total. The van der Waals surface area contributed by atoms with E-state index in [1.807, 2.05) is 0 Å². The molecule has 0 radical (unpaired) electrons. The highest BCUT2D eigenvalue weighted by molar-refractivity contribution is 5.94. The standard InChI is InChI=1S/C13H15N5O3/c1-21-12(19)6-3-7-14-13(20)10-4-2-5-11(8-10)18-9-15-16-17-18/h2,4-5,8-9H,3,6-7H2,1H3,(H,14,20). The first-order valence-electron chi connectivity index (χ1n) is 6.39. The van der Waals surface area contributed by atoms with E-state index < -0.39 is 0 Å². The van der Waals surface area contributed by atoms with E-state index in [4.69, 9.17) is 0 Å². The number of nitrogens with one attached hydrogen (secondary N) is 1. The lowest BCUT2D eigenvalue weighted by Gasteiger charge is -2.06. The number of aromatic nitrogens is 4. The van der Waals surface area contributed by atoms with Gasteiger partial charge in [0.25, 0.3) is 5.91 Å². The summed E-state index contributed by atoms with van der Waals surface area (Å²) < 4.78 is 5.99. The van der Waals surface area contributed by atoms with Crippen LogP contribution in [-0.2, 0) is 9.53 Å². The maximum Gasteiger partial charge on any atom is 0.305 e. The van der Waals surface area contributed by atoms with Crippen molar-refractivity contribution in [2.75, 3.05) is 13.7 Å². The van der Waals surface area contributed by atoms with Crippen molar-refractivity contribution in [2.24, 2.45) is 0 Å². The summed E-state index contributed by atoms with van der Waals surface area (Å²) >= 11 is 0. The van der Waals surface area contributed by atoms with Crippen molar-refractivity contribution in [1.82, 2.24) is 25.5 Å². The molecule has 0 aliphatic heterocycles. The summed E-state index contributed by atoms with van der Waals surface area (Å²) in [6, 6.07) is 6.93. The maximum absolute atomic E-state index is 12.0. The number of esters is 1. The van der Waals surface area contributed by atoms with Crippen LogP contribution in [0.15, 0.2) is 30.6 Å². The molecule has 2 aromatic rings. The molecular formula is C13H15N5O3. The van der Waals surface area contributed by atoms with Gasteiger partial charge in [-0.15, -0.1) is 5.10 Å². The van der Waals surface area contributed by atoms with Gasteiger partial charge < -0.3 is 10.1 Å². The second-order valence-electron chi connectivity index (χ2n) is 4.24. The van der Waals surface area contributed by atoms with Crippen molar-refractivity contribution < 1.29 is 14.3 Å². The molecule has 0 atom stereocenters. The molecule has 1 amide bonds. The summed E-state index contributed by atoms with van der Waals surface area (Å²) in [5.41, 5.74) is 1.20. The quantitative estimate of drug-likeness (QED) is 0.608. The fraction of sp³-hybridized carbons (Fsp3) is 0.308. The average Bonchev–Trinajstić information content (AvgIpc) is 3.05. The maximum atomic E-state index is 12.0. The van der Waals surface area contributed by atoms with Crippen molar-refractivity contribution in [3.8, 4) is 5.69 Å². The molecule has 1 heterocycles. The number of methoxy groups -OCH3 is 1. The zero-order valence-corrected chi connectivity index (χ0v) is 11.5. The summed E-state index contributed by atoms with van der Waals surface area (Å²) in [5.74, 6) is -0.500. The number of nitrogens with zero attached hydrogens (tertiary/aromatic N) is 4. The number of ether oxygens (including phenoxy) is 1. The van der Waals surface area contributed by atoms with Crippen LogP contribution in [-0.4, -0.2) is 45.7 Å². The summed E-state index contributed by atoms with van der Waals surface area (Å²) in [7, 11) is 1.34. The second-order valence-corrected chi connectivity index (χ2v) is 4.24. The zero-order chi connectivity index (χ0) is 15.1. The smallest absolute Gasteiger partial charge is 0.305 e. The first-order chi connectivity index (χ1) is 10.2. The molecule has 2 rings (SSSR count). The molecule has 8 heteroatoms.